The molecule has 148 valence electrons. The van der Waals surface area contributed by atoms with Crippen LogP contribution >= 0.6 is 7.60 Å². The normalized spacial score (nSPS) is 28.6. The molecule has 0 amide bonds. The molecule has 0 aliphatic carbocycles. The third-order valence-corrected chi connectivity index (χ3v) is 5.76. The zero-order chi connectivity index (χ0) is 19.6. The van der Waals surface area contributed by atoms with E-state index < -0.39 is 43.6 Å². The number of alkyl halides is 1. The van der Waals surface area contributed by atoms with Gasteiger partial charge in [0.05, 0.1) is 18.4 Å². The predicted octanol–water partition coefficient (Wildman–Crippen LogP) is 1.46. The number of nitrogens with zero attached hydrogens (tertiary/aromatic N) is 2. The van der Waals surface area contributed by atoms with Crippen LogP contribution in [0, 0.1) is 0 Å². The standard InChI is InChI=1S/C15H25FN3O6P/c1-8(2)23-7-10-13(25-26(21,22)9(3)4)12(16)14(24-10)19-6-5-11(17)18-15(19)20/h5-6,8-10,12-14H,7H2,1-4H3,(H,21,22)(H2,17,18,20)/t10-,12?,13+,14-/m1/s1. The molecule has 2 unspecified atom stereocenters. The van der Waals surface area contributed by atoms with Crippen LogP contribution in [0.3, 0.4) is 0 Å². The van der Waals surface area contributed by atoms with Gasteiger partial charge in [0.2, 0.25) is 0 Å². The summed E-state index contributed by atoms with van der Waals surface area (Å²) in [6.07, 6.45) is -4.50. The smallest absolute Gasteiger partial charge is 0.351 e. The summed E-state index contributed by atoms with van der Waals surface area (Å²) >= 11 is 0. The van der Waals surface area contributed by atoms with E-state index in [4.69, 9.17) is 19.7 Å². The van der Waals surface area contributed by atoms with Gasteiger partial charge in [0.15, 0.2) is 12.4 Å². The van der Waals surface area contributed by atoms with E-state index in [2.05, 4.69) is 4.98 Å². The van der Waals surface area contributed by atoms with Crippen LogP contribution in [0.5, 0.6) is 0 Å². The molecule has 1 fully saturated rings. The highest BCUT2D eigenvalue weighted by Crippen LogP contribution is 2.51. The molecule has 2 heterocycles. The summed E-state index contributed by atoms with van der Waals surface area (Å²) in [5, 5.41) is 0. The lowest BCUT2D eigenvalue weighted by molar-refractivity contribution is -0.0741. The first-order chi connectivity index (χ1) is 12.0. The van der Waals surface area contributed by atoms with Crippen molar-refractivity contribution in [3.63, 3.8) is 0 Å². The average Bonchev–Trinajstić information content (AvgIpc) is 2.81. The number of anilines is 1. The van der Waals surface area contributed by atoms with Crippen molar-refractivity contribution in [1.29, 1.82) is 0 Å². The Hall–Kier alpha value is -1.32. The van der Waals surface area contributed by atoms with Crippen molar-refractivity contribution in [3.05, 3.63) is 22.7 Å². The molecule has 0 spiro atoms. The van der Waals surface area contributed by atoms with Crippen LogP contribution < -0.4 is 11.4 Å². The Balaban J connectivity index is 2.30. The Bertz CT molecular complexity index is 728. The minimum absolute atomic E-state index is 0.00758. The monoisotopic (exact) mass is 393 g/mol. The lowest BCUT2D eigenvalue weighted by Gasteiger charge is -2.25. The molecule has 1 aromatic rings. The van der Waals surface area contributed by atoms with Gasteiger partial charge >= 0.3 is 13.3 Å². The maximum absolute atomic E-state index is 15.0. The highest BCUT2D eigenvalue weighted by atomic mass is 31.2. The molecule has 5 atom stereocenters. The largest absolute Gasteiger partial charge is 0.383 e. The Morgan fingerprint density at radius 1 is 1.46 bits per heavy atom. The number of ether oxygens (including phenoxy) is 2. The van der Waals surface area contributed by atoms with Gasteiger partial charge in [-0.3, -0.25) is 13.7 Å². The van der Waals surface area contributed by atoms with E-state index >= 15 is 4.39 Å². The SMILES string of the molecule is CC(C)OC[C@H]1O[C@@H](n2ccc(N)nc2=O)C(F)[C@H]1OP(=O)(O)C(C)C. The maximum Gasteiger partial charge on any atom is 0.351 e. The summed E-state index contributed by atoms with van der Waals surface area (Å²) in [6.45, 7) is 6.50. The Kier molecular flexibility index (Phi) is 6.57. The van der Waals surface area contributed by atoms with Gasteiger partial charge in [-0.1, -0.05) is 13.8 Å². The van der Waals surface area contributed by atoms with Crippen molar-refractivity contribution in [3.8, 4) is 0 Å². The summed E-state index contributed by atoms with van der Waals surface area (Å²) < 4.78 is 44.4. The Labute approximate surface area is 150 Å². The highest BCUT2D eigenvalue weighted by molar-refractivity contribution is 7.53. The lowest BCUT2D eigenvalue weighted by atomic mass is 10.1. The molecule has 26 heavy (non-hydrogen) atoms. The molecule has 0 saturated carbocycles. The van der Waals surface area contributed by atoms with Crippen molar-refractivity contribution >= 4 is 13.4 Å². The predicted molar refractivity (Wildman–Crippen MR) is 92.6 cm³/mol. The van der Waals surface area contributed by atoms with E-state index in [0.717, 1.165) is 4.57 Å². The number of halogens is 1. The van der Waals surface area contributed by atoms with Crippen LogP contribution in [0.4, 0.5) is 10.2 Å². The van der Waals surface area contributed by atoms with Gasteiger partial charge in [-0.15, -0.1) is 0 Å². The van der Waals surface area contributed by atoms with Crippen molar-refractivity contribution in [2.24, 2.45) is 0 Å². The number of rotatable bonds is 7. The van der Waals surface area contributed by atoms with E-state index in [9.17, 15) is 14.3 Å². The zero-order valence-corrected chi connectivity index (χ0v) is 16.0. The van der Waals surface area contributed by atoms with Crippen LogP contribution in [0.15, 0.2) is 17.1 Å². The van der Waals surface area contributed by atoms with Crippen LogP contribution in [0.2, 0.25) is 0 Å². The van der Waals surface area contributed by atoms with Gasteiger partial charge in [0.25, 0.3) is 0 Å². The van der Waals surface area contributed by atoms with Crippen LogP contribution in [-0.4, -0.2) is 51.2 Å². The zero-order valence-electron chi connectivity index (χ0n) is 15.1. The molecule has 1 aliphatic heterocycles. The van der Waals surface area contributed by atoms with Crippen LogP contribution in [-0.2, 0) is 18.6 Å². The summed E-state index contributed by atoms with van der Waals surface area (Å²) in [4.78, 5) is 25.5. The molecule has 11 heteroatoms. The third kappa shape index (κ3) is 4.69. The van der Waals surface area contributed by atoms with E-state index in [1.165, 1.54) is 26.1 Å². The fraction of sp³-hybridized carbons (Fsp3) is 0.733. The number of nitrogen functional groups attached to an aromatic ring is 1. The van der Waals surface area contributed by atoms with Crippen LogP contribution in [0.25, 0.3) is 0 Å². The summed E-state index contributed by atoms with van der Waals surface area (Å²) in [7, 11) is -4.07. The number of aromatic nitrogens is 2. The van der Waals surface area contributed by atoms with Gasteiger partial charge in [-0.2, -0.15) is 4.98 Å². The lowest BCUT2D eigenvalue weighted by Crippen LogP contribution is -2.36. The summed E-state index contributed by atoms with van der Waals surface area (Å²) in [6, 6.07) is 1.33. The fourth-order valence-corrected chi connectivity index (χ4v) is 3.23. The molecular weight excluding hydrogens is 368 g/mol. The summed E-state index contributed by atoms with van der Waals surface area (Å²) in [5.74, 6) is -0.00758. The molecule has 0 radical (unpaired) electrons. The first kappa shape index (κ1) is 21.0. The molecule has 0 aromatic carbocycles. The highest BCUT2D eigenvalue weighted by Gasteiger charge is 2.50. The van der Waals surface area contributed by atoms with Gasteiger partial charge in [0.1, 0.15) is 18.0 Å². The van der Waals surface area contributed by atoms with E-state index in [1.54, 1.807) is 13.8 Å². The molecule has 1 aliphatic rings. The number of nitrogens with two attached hydrogens (primary N) is 1. The Morgan fingerprint density at radius 2 is 2.12 bits per heavy atom. The Morgan fingerprint density at radius 3 is 2.65 bits per heavy atom. The second-order valence-electron chi connectivity index (χ2n) is 6.66. The second-order valence-corrected chi connectivity index (χ2v) is 9.03. The molecule has 9 nitrogen and oxygen atoms in total. The van der Waals surface area contributed by atoms with Gasteiger partial charge < -0.3 is 20.1 Å². The topological polar surface area (TPSA) is 126 Å². The fourth-order valence-electron chi connectivity index (χ4n) is 2.38. The number of hydrogen-bond acceptors (Lipinski definition) is 7. The maximum atomic E-state index is 15.0. The van der Waals surface area contributed by atoms with E-state index in [1.807, 2.05) is 0 Å². The molecular formula is C15H25FN3O6P. The minimum atomic E-state index is -4.07. The second kappa shape index (κ2) is 8.14. The third-order valence-electron chi connectivity index (χ3n) is 3.91. The van der Waals surface area contributed by atoms with Crippen molar-refractivity contribution < 1.29 is 27.8 Å². The summed E-state index contributed by atoms with van der Waals surface area (Å²) in [5.41, 5.74) is 3.92. The molecule has 2 rings (SSSR count). The minimum Gasteiger partial charge on any atom is -0.383 e. The molecule has 3 N–H and O–H groups in total. The molecule has 1 saturated heterocycles. The van der Waals surface area contributed by atoms with Crippen molar-refractivity contribution in [2.75, 3.05) is 12.3 Å². The molecule has 1 aromatic heterocycles. The van der Waals surface area contributed by atoms with Gasteiger partial charge in [0, 0.05) is 6.20 Å². The first-order valence-electron chi connectivity index (χ1n) is 8.29. The van der Waals surface area contributed by atoms with Crippen molar-refractivity contribution in [2.45, 2.75) is 64.1 Å². The molecule has 0 bridgehead atoms. The quantitative estimate of drug-likeness (QED) is 0.667. The van der Waals surface area contributed by atoms with Gasteiger partial charge in [-0.25, -0.2) is 9.18 Å². The van der Waals surface area contributed by atoms with E-state index in [0.29, 0.717) is 0 Å². The van der Waals surface area contributed by atoms with Gasteiger partial charge in [-0.05, 0) is 19.9 Å². The van der Waals surface area contributed by atoms with Crippen molar-refractivity contribution in [1.82, 2.24) is 9.55 Å². The number of hydrogen-bond donors (Lipinski definition) is 2. The van der Waals surface area contributed by atoms with E-state index in [-0.39, 0.29) is 18.5 Å². The first-order valence-corrected chi connectivity index (χ1v) is 9.94. The van der Waals surface area contributed by atoms with Crippen LogP contribution in [0.1, 0.15) is 33.9 Å². The average molecular weight is 393 g/mol.